The average Bonchev–Trinajstić information content (AvgIpc) is 2.85. The number of rotatable bonds is 4. The second kappa shape index (κ2) is 4.55. The van der Waals surface area contributed by atoms with Crippen LogP contribution in [0.5, 0.6) is 0 Å². The summed E-state index contributed by atoms with van der Waals surface area (Å²) in [6, 6.07) is 0.0957. The second-order valence-corrected chi connectivity index (χ2v) is 5.83. The number of aromatic amines is 1. The van der Waals surface area contributed by atoms with Crippen LogP contribution in [0.15, 0.2) is 11.2 Å². The first kappa shape index (κ1) is 11.6. The highest BCUT2D eigenvalue weighted by molar-refractivity contribution is 7.89. The van der Waals surface area contributed by atoms with E-state index in [2.05, 4.69) is 14.7 Å². The van der Waals surface area contributed by atoms with Crippen LogP contribution in [0.2, 0.25) is 0 Å². The normalized spacial score (nSPS) is 18.1. The standard InChI is InChI=1S/C10H17N3O2S/c1-2-9-11-7-10(12-9)16(14,15)13-8-5-3-4-6-8/h7-8,13H,2-6H2,1H3,(H,11,12). The Kier molecular flexibility index (Phi) is 3.30. The molecule has 90 valence electrons. The van der Waals surface area contributed by atoms with Crippen LogP contribution in [0.4, 0.5) is 0 Å². The maximum absolute atomic E-state index is 11.9. The fourth-order valence-electron chi connectivity index (χ4n) is 1.99. The number of aromatic nitrogens is 2. The molecule has 0 aromatic carbocycles. The van der Waals surface area contributed by atoms with Crippen molar-refractivity contribution in [2.24, 2.45) is 0 Å². The number of hydrogen-bond acceptors (Lipinski definition) is 3. The zero-order valence-electron chi connectivity index (χ0n) is 9.36. The van der Waals surface area contributed by atoms with Gasteiger partial charge in [-0.2, -0.15) is 0 Å². The van der Waals surface area contributed by atoms with E-state index in [0.29, 0.717) is 12.2 Å². The highest BCUT2D eigenvalue weighted by Gasteiger charge is 2.24. The molecule has 0 amide bonds. The predicted octanol–water partition coefficient (Wildman–Crippen LogP) is 1.19. The molecule has 2 rings (SSSR count). The van der Waals surface area contributed by atoms with Gasteiger partial charge in [-0.3, -0.25) is 0 Å². The van der Waals surface area contributed by atoms with Gasteiger partial charge in [-0.05, 0) is 12.8 Å². The minimum atomic E-state index is -3.40. The van der Waals surface area contributed by atoms with Gasteiger partial charge in [-0.15, -0.1) is 0 Å². The third kappa shape index (κ3) is 2.44. The number of nitrogens with one attached hydrogen (secondary N) is 2. The lowest BCUT2D eigenvalue weighted by molar-refractivity contribution is 0.549. The summed E-state index contributed by atoms with van der Waals surface area (Å²) >= 11 is 0. The van der Waals surface area contributed by atoms with Crippen molar-refractivity contribution >= 4 is 10.0 Å². The Morgan fingerprint density at radius 1 is 1.50 bits per heavy atom. The van der Waals surface area contributed by atoms with Crippen molar-refractivity contribution < 1.29 is 8.42 Å². The van der Waals surface area contributed by atoms with E-state index >= 15 is 0 Å². The van der Waals surface area contributed by atoms with Crippen molar-refractivity contribution in [1.82, 2.24) is 14.7 Å². The summed E-state index contributed by atoms with van der Waals surface area (Å²) in [7, 11) is -3.40. The van der Waals surface area contributed by atoms with Crippen molar-refractivity contribution in [2.75, 3.05) is 0 Å². The minimum absolute atomic E-state index is 0.0957. The molecule has 0 unspecified atom stereocenters. The van der Waals surface area contributed by atoms with Crippen molar-refractivity contribution in [3.63, 3.8) is 0 Å². The summed E-state index contributed by atoms with van der Waals surface area (Å²) in [5.74, 6) is 0.701. The Bertz CT molecular complexity index is 446. The molecule has 1 fully saturated rings. The van der Waals surface area contributed by atoms with Gasteiger partial charge in [0.05, 0.1) is 6.20 Å². The Morgan fingerprint density at radius 3 is 2.75 bits per heavy atom. The summed E-state index contributed by atoms with van der Waals surface area (Å²) in [5.41, 5.74) is 0. The monoisotopic (exact) mass is 243 g/mol. The molecule has 0 saturated heterocycles. The van der Waals surface area contributed by atoms with Gasteiger partial charge in [0.2, 0.25) is 0 Å². The summed E-state index contributed by atoms with van der Waals surface area (Å²) in [4.78, 5) is 6.82. The van der Waals surface area contributed by atoms with Gasteiger partial charge in [0.25, 0.3) is 10.0 Å². The lowest BCUT2D eigenvalue weighted by atomic mass is 10.3. The number of hydrogen-bond donors (Lipinski definition) is 2. The molecule has 0 spiro atoms. The molecule has 2 N–H and O–H groups in total. The summed E-state index contributed by atoms with van der Waals surface area (Å²) < 4.78 is 26.6. The van der Waals surface area contributed by atoms with Crippen LogP contribution in [-0.2, 0) is 16.4 Å². The van der Waals surface area contributed by atoms with Crippen LogP contribution in [0.1, 0.15) is 38.4 Å². The smallest absolute Gasteiger partial charge is 0.257 e. The number of imidazole rings is 1. The Labute approximate surface area is 95.7 Å². The van der Waals surface area contributed by atoms with Crippen LogP contribution in [-0.4, -0.2) is 24.4 Å². The first-order chi connectivity index (χ1) is 7.62. The van der Waals surface area contributed by atoms with E-state index in [-0.39, 0.29) is 11.1 Å². The number of sulfonamides is 1. The zero-order chi connectivity index (χ0) is 11.6. The molecule has 6 heteroatoms. The van der Waals surface area contributed by atoms with Crippen LogP contribution in [0.25, 0.3) is 0 Å². The van der Waals surface area contributed by atoms with E-state index in [4.69, 9.17) is 0 Å². The van der Waals surface area contributed by atoms with Crippen LogP contribution >= 0.6 is 0 Å². The topological polar surface area (TPSA) is 74.8 Å². The molecular weight excluding hydrogens is 226 g/mol. The predicted molar refractivity (Wildman–Crippen MR) is 60.5 cm³/mol. The third-order valence-electron chi connectivity index (χ3n) is 2.91. The van der Waals surface area contributed by atoms with E-state index in [1.54, 1.807) is 0 Å². The highest BCUT2D eigenvalue weighted by atomic mass is 32.2. The molecule has 5 nitrogen and oxygen atoms in total. The molecule has 0 atom stereocenters. The molecule has 0 bridgehead atoms. The van der Waals surface area contributed by atoms with Crippen molar-refractivity contribution in [1.29, 1.82) is 0 Å². The van der Waals surface area contributed by atoms with E-state index in [1.165, 1.54) is 6.20 Å². The van der Waals surface area contributed by atoms with Crippen molar-refractivity contribution in [3.05, 3.63) is 12.0 Å². The second-order valence-electron chi connectivity index (χ2n) is 4.15. The molecule has 1 aliphatic rings. The van der Waals surface area contributed by atoms with Gasteiger partial charge in [-0.1, -0.05) is 19.8 Å². The number of aryl methyl sites for hydroxylation is 1. The molecular formula is C10H17N3O2S. The summed E-state index contributed by atoms with van der Waals surface area (Å²) in [6.45, 7) is 1.93. The first-order valence-corrected chi connectivity index (χ1v) is 7.16. The van der Waals surface area contributed by atoms with Crippen LogP contribution in [0.3, 0.4) is 0 Å². The maximum atomic E-state index is 11.9. The molecule has 0 radical (unpaired) electrons. The largest absolute Gasteiger partial charge is 0.332 e. The number of H-pyrrole nitrogens is 1. The van der Waals surface area contributed by atoms with E-state index < -0.39 is 10.0 Å². The molecule has 1 aromatic rings. The lowest BCUT2D eigenvalue weighted by Crippen LogP contribution is -2.32. The average molecular weight is 243 g/mol. The van der Waals surface area contributed by atoms with E-state index in [0.717, 1.165) is 25.7 Å². The molecule has 1 aliphatic carbocycles. The fraction of sp³-hybridized carbons (Fsp3) is 0.700. The van der Waals surface area contributed by atoms with E-state index in [9.17, 15) is 8.42 Å². The Hall–Kier alpha value is -0.880. The van der Waals surface area contributed by atoms with Gasteiger partial charge >= 0.3 is 0 Å². The Morgan fingerprint density at radius 2 is 2.19 bits per heavy atom. The highest BCUT2D eigenvalue weighted by Crippen LogP contribution is 2.19. The van der Waals surface area contributed by atoms with Crippen molar-refractivity contribution in [2.45, 2.75) is 50.1 Å². The van der Waals surface area contributed by atoms with Crippen LogP contribution < -0.4 is 4.72 Å². The van der Waals surface area contributed by atoms with Crippen molar-refractivity contribution in [3.8, 4) is 0 Å². The third-order valence-corrected chi connectivity index (χ3v) is 4.34. The quantitative estimate of drug-likeness (QED) is 0.834. The van der Waals surface area contributed by atoms with Gasteiger partial charge in [-0.25, -0.2) is 18.1 Å². The SMILES string of the molecule is CCc1ncc(S(=O)(=O)NC2CCCC2)[nH]1. The van der Waals surface area contributed by atoms with Gasteiger partial charge in [0, 0.05) is 12.5 Å². The molecule has 16 heavy (non-hydrogen) atoms. The molecule has 0 aliphatic heterocycles. The van der Waals surface area contributed by atoms with Gasteiger partial charge in [0.15, 0.2) is 5.03 Å². The molecule has 1 aromatic heterocycles. The molecule has 1 saturated carbocycles. The lowest BCUT2D eigenvalue weighted by Gasteiger charge is -2.10. The fourth-order valence-corrected chi connectivity index (χ4v) is 3.23. The van der Waals surface area contributed by atoms with E-state index in [1.807, 2.05) is 6.92 Å². The Balaban J connectivity index is 2.11. The first-order valence-electron chi connectivity index (χ1n) is 5.68. The summed E-state index contributed by atoms with van der Waals surface area (Å²) in [5, 5.41) is 0.177. The van der Waals surface area contributed by atoms with Gasteiger partial charge in [0.1, 0.15) is 5.82 Å². The molecule has 1 heterocycles. The summed E-state index contributed by atoms with van der Waals surface area (Å²) in [6.07, 6.45) is 6.18. The van der Waals surface area contributed by atoms with Gasteiger partial charge < -0.3 is 4.98 Å². The zero-order valence-corrected chi connectivity index (χ0v) is 10.2. The number of nitrogens with zero attached hydrogens (tertiary/aromatic N) is 1. The minimum Gasteiger partial charge on any atom is -0.332 e. The van der Waals surface area contributed by atoms with Crippen LogP contribution in [0, 0.1) is 0 Å². The maximum Gasteiger partial charge on any atom is 0.257 e.